The highest BCUT2D eigenvalue weighted by molar-refractivity contribution is 7.96. The molecule has 2 saturated heterocycles. The number of rotatable bonds is 5. The van der Waals surface area contributed by atoms with Crippen LogP contribution in [0, 0.1) is 5.82 Å². The number of nitrogens with zero attached hydrogens (tertiary/aromatic N) is 4. The van der Waals surface area contributed by atoms with Gasteiger partial charge >= 0.3 is 6.09 Å². The van der Waals surface area contributed by atoms with Gasteiger partial charge in [0.05, 0.1) is 35.1 Å². The Morgan fingerprint density at radius 3 is 2.67 bits per heavy atom. The number of cyclic esters (lactones) is 1. The van der Waals surface area contributed by atoms with E-state index in [1.165, 1.54) is 23.4 Å². The smallest absolute Gasteiger partial charge is 0.414 e. The van der Waals surface area contributed by atoms with E-state index in [0.717, 1.165) is 0 Å². The van der Waals surface area contributed by atoms with E-state index in [1.54, 1.807) is 23.1 Å². The number of ether oxygens (including phenoxy) is 1. The maximum absolute atomic E-state index is 14.9. The second-order valence-electron chi connectivity index (χ2n) is 7.57. The molecule has 2 aliphatic heterocycles. The highest BCUT2D eigenvalue weighted by Gasteiger charge is 2.33. The normalized spacial score (nSPS) is 18.3. The van der Waals surface area contributed by atoms with Crippen molar-refractivity contribution in [2.45, 2.75) is 6.10 Å². The number of carbonyl (C=O) groups is 3. The molecule has 12 heteroatoms. The second kappa shape index (κ2) is 9.84. The van der Waals surface area contributed by atoms with Crippen molar-refractivity contribution in [3.05, 3.63) is 53.1 Å². The van der Waals surface area contributed by atoms with Crippen LogP contribution in [0.25, 0.3) is 0 Å². The third kappa shape index (κ3) is 5.14. The number of hydrogen-bond donors (Lipinski definition) is 2. The molecule has 1 aromatic carbocycles. The predicted molar refractivity (Wildman–Crippen MR) is 124 cm³/mol. The summed E-state index contributed by atoms with van der Waals surface area (Å²) in [6.07, 6.45) is 1.80. The summed E-state index contributed by atoms with van der Waals surface area (Å²) in [5.74, 6) is -0.692. The van der Waals surface area contributed by atoms with Gasteiger partial charge in [0.1, 0.15) is 11.9 Å². The molecule has 1 atom stereocenters. The van der Waals surface area contributed by atoms with Crippen LogP contribution in [0.15, 0.2) is 36.7 Å². The largest absolute Gasteiger partial charge is 0.442 e. The molecule has 33 heavy (non-hydrogen) atoms. The molecule has 0 bridgehead atoms. The third-order valence-electron chi connectivity index (χ3n) is 5.50. The van der Waals surface area contributed by atoms with Crippen molar-refractivity contribution in [1.29, 1.82) is 0 Å². The van der Waals surface area contributed by atoms with Gasteiger partial charge < -0.3 is 19.9 Å². The minimum absolute atomic E-state index is 0.123. The van der Waals surface area contributed by atoms with Gasteiger partial charge in [0.15, 0.2) is 0 Å². The Kier molecular flexibility index (Phi) is 6.89. The zero-order valence-corrected chi connectivity index (χ0v) is 19.1. The van der Waals surface area contributed by atoms with E-state index in [0.29, 0.717) is 48.1 Å². The van der Waals surface area contributed by atoms with Gasteiger partial charge in [0, 0.05) is 38.6 Å². The van der Waals surface area contributed by atoms with Crippen molar-refractivity contribution >= 4 is 52.8 Å². The zero-order valence-electron chi connectivity index (χ0n) is 17.4. The van der Waals surface area contributed by atoms with E-state index >= 15 is 0 Å². The molecule has 4 rings (SSSR count). The van der Waals surface area contributed by atoms with Crippen LogP contribution in [0.4, 0.5) is 25.4 Å². The fourth-order valence-corrected chi connectivity index (χ4v) is 4.09. The Balaban J connectivity index is 1.38. The first-order valence-electron chi connectivity index (χ1n) is 10.2. The van der Waals surface area contributed by atoms with E-state index in [1.807, 2.05) is 4.90 Å². The number of carbonyl (C=O) groups excluding carboxylic acids is 3. The number of halogens is 2. The zero-order chi connectivity index (χ0) is 23.5. The summed E-state index contributed by atoms with van der Waals surface area (Å²) >= 11 is 9.71. The molecule has 174 valence electrons. The average Bonchev–Trinajstić information content (AvgIpc) is 3.18. The van der Waals surface area contributed by atoms with Crippen LogP contribution in [0.3, 0.4) is 0 Å². The SMILES string of the molecule is O=C(S)NCC1CN(c2ccc(N3CCN(C(=O)c4cnccc4Cl)CC3)c(F)c2)C(=O)O1. The van der Waals surface area contributed by atoms with Crippen molar-refractivity contribution in [2.75, 3.05) is 49.1 Å². The van der Waals surface area contributed by atoms with Crippen molar-refractivity contribution in [1.82, 2.24) is 15.2 Å². The quantitative estimate of drug-likeness (QED) is 0.622. The van der Waals surface area contributed by atoms with Gasteiger partial charge in [0.25, 0.3) is 11.1 Å². The number of thiol groups is 1. The van der Waals surface area contributed by atoms with Gasteiger partial charge in [-0.2, -0.15) is 0 Å². The summed E-state index contributed by atoms with van der Waals surface area (Å²) in [6.45, 7) is 2.00. The summed E-state index contributed by atoms with van der Waals surface area (Å²) < 4.78 is 20.1. The highest BCUT2D eigenvalue weighted by Crippen LogP contribution is 2.29. The van der Waals surface area contributed by atoms with Crippen LogP contribution in [-0.4, -0.2) is 72.5 Å². The Morgan fingerprint density at radius 2 is 2.00 bits per heavy atom. The van der Waals surface area contributed by atoms with Crippen molar-refractivity contribution in [3.63, 3.8) is 0 Å². The first-order valence-corrected chi connectivity index (χ1v) is 11.0. The van der Waals surface area contributed by atoms with Crippen LogP contribution < -0.4 is 15.1 Å². The number of anilines is 2. The van der Waals surface area contributed by atoms with Gasteiger partial charge in [-0.05, 0) is 24.3 Å². The molecule has 1 aromatic heterocycles. The van der Waals surface area contributed by atoms with Crippen LogP contribution in [0.2, 0.25) is 5.02 Å². The summed E-state index contributed by atoms with van der Waals surface area (Å²) in [6, 6.07) is 6.10. The minimum atomic E-state index is -0.609. The number of piperazine rings is 1. The lowest BCUT2D eigenvalue weighted by Crippen LogP contribution is -2.49. The molecule has 1 unspecified atom stereocenters. The number of benzene rings is 1. The topological polar surface area (TPSA) is 95.1 Å². The van der Waals surface area contributed by atoms with Gasteiger partial charge in [0.2, 0.25) is 0 Å². The van der Waals surface area contributed by atoms with Gasteiger partial charge in [-0.3, -0.25) is 19.5 Å². The molecule has 9 nitrogen and oxygen atoms in total. The maximum Gasteiger partial charge on any atom is 0.414 e. The first kappa shape index (κ1) is 23.1. The summed E-state index contributed by atoms with van der Waals surface area (Å²) in [4.78, 5) is 44.6. The Bertz CT molecular complexity index is 1080. The molecular weight excluding hydrogens is 473 g/mol. The van der Waals surface area contributed by atoms with Crippen molar-refractivity contribution in [2.24, 2.45) is 0 Å². The summed E-state index contributed by atoms with van der Waals surface area (Å²) in [7, 11) is 0. The van der Waals surface area contributed by atoms with Crippen LogP contribution in [0.5, 0.6) is 0 Å². The monoisotopic (exact) mass is 493 g/mol. The lowest BCUT2D eigenvalue weighted by Gasteiger charge is -2.36. The fraction of sp³-hybridized carbons (Fsp3) is 0.333. The third-order valence-corrected chi connectivity index (χ3v) is 5.99. The summed E-state index contributed by atoms with van der Waals surface area (Å²) in [5, 5.41) is 2.29. The highest BCUT2D eigenvalue weighted by atomic mass is 35.5. The van der Waals surface area contributed by atoms with E-state index < -0.39 is 23.3 Å². The van der Waals surface area contributed by atoms with Crippen LogP contribution in [-0.2, 0) is 4.74 Å². The fourth-order valence-electron chi connectivity index (χ4n) is 3.82. The number of aromatic nitrogens is 1. The predicted octanol–water partition coefficient (Wildman–Crippen LogP) is 2.80. The molecule has 2 aliphatic rings. The average molecular weight is 494 g/mol. The Morgan fingerprint density at radius 1 is 1.24 bits per heavy atom. The maximum atomic E-state index is 14.9. The standard InChI is InChI=1S/C21H21ClFN5O4S/c22-16-3-4-24-11-15(16)19(29)27-7-5-26(6-8-27)18-2-1-13(9-17(18)23)28-12-14(32-21(28)31)10-25-20(30)33/h1-4,9,11,14H,5-8,10,12H2,(H2,25,30,33). The molecule has 0 aliphatic carbocycles. The van der Waals surface area contributed by atoms with Gasteiger partial charge in [-0.15, -0.1) is 0 Å². The molecule has 2 fully saturated rings. The molecule has 0 radical (unpaired) electrons. The Hall–Kier alpha value is -3.05. The number of nitrogens with one attached hydrogen (secondary N) is 1. The van der Waals surface area contributed by atoms with Crippen LogP contribution in [0.1, 0.15) is 10.4 Å². The Labute approximate surface area is 199 Å². The van der Waals surface area contributed by atoms with Crippen molar-refractivity contribution < 1.29 is 23.5 Å². The van der Waals surface area contributed by atoms with E-state index in [4.69, 9.17) is 16.3 Å². The lowest BCUT2D eigenvalue weighted by atomic mass is 10.2. The van der Waals surface area contributed by atoms with Gasteiger partial charge in [-0.25, -0.2) is 9.18 Å². The van der Waals surface area contributed by atoms with E-state index in [2.05, 4.69) is 22.9 Å². The van der Waals surface area contributed by atoms with E-state index in [9.17, 15) is 18.8 Å². The molecule has 0 spiro atoms. The first-order chi connectivity index (χ1) is 15.8. The summed E-state index contributed by atoms with van der Waals surface area (Å²) in [5.41, 5.74) is 1.09. The number of amides is 3. The van der Waals surface area contributed by atoms with E-state index in [-0.39, 0.29) is 19.0 Å². The molecule has 0 saturated carbocycles. The second-order valence-corrected chi connectivity index (χ2v) is 8.39. The molecule has 3 heterocycles. The molecule has 2 aromatic rings. The van der Waals surface area contributed by atoms with Crippen molar-refractivity contribution in [3.8, 4) is 0 Å². The molecule has 3 amide bonds. The number of pyridine rings is 1. The number of hydrogen-bond acceptors (Lipinski definition) is 6. The molecular formula is C21H21ClFN5O4S. The molecule has 1 N–H and O–H groups in total. The minimum Gasteiger partial charge on any atom is -0.442 e. The lowest BCUT2D eigenvalue weighted by molar-refractivity contribution is 0.0746. The van der Waals surface area contributed by atoms with Crippen LogP contribution >= 0.6 is 24.2 Å². The van der Waals surface area contributed by atoms with Gasteiger partial charge in [-0.1, -0.05) is 24.2 Å².